The zero-order chi connectivity index (χ0) is 16.5. The average molecular weight is 326 g/mol. The summed E-state index contributed by atoms with van der Waals surface area (Å²) in [6.07, 6.45) is 6.26. The molecule has 4 rings (SSSR count). The molecule has 0 radical (unpaired) electrons. The lowest BCUT2D eigenvalue weighted by Gasteiger charge is -2.22. The SMILES string of the molecule is Nc1cc(C[C@@H]2CCCNC2)nc(-c2cnc3ccc(F)cn23)n1. The highest BCUT2D eigenvalue weighted by atomic mass is 19.1. The second kappa shape index (κ2) is 6.16. The highest BCUT2D eigenvalue weighted by Gasteiger charge is 2.17. The molecule has 1 saturated heterocycles. The first kappa shape index (κ1) is 15.0. The Bertz CT molecular complexity index is 869. The maximum atomic E-state index is 13.6. The quantitative estimate of drug-likeness (QED) is 0.770. The number of imidazole rings is 1. The molecule has 3 N–H and O–H groups in total. The molecule has 124 valence electrons. The number of hydrogen-bond acceptors (Lipinski definition) is 5. The van der Waals surface area contributed by atoms with Gasteiger partial charge in [-0.2, -0.15) is 0 Å². The Morgan fingerprint density at radius 3 is 3.08 bits per heavy atom. The van der Waals surface area contributed by atoms with Crippen molar-refractivity contribution in [2.24, 2.45) is 5.92 Å². The van der Waals surface area contributed by atoms with Crippen molar-refractivity contribution in [3.8, 4) is 11.5 Å². The van der Waals surface area contributed by atoms with Gasteiger partial charge in [-0.3, -0.25) is 4.40 Å². The van der Waals surface area contributed by atoms with Crippen LogP contribution in [0, 0.1) is 11.7 Å². The summed E-state index contributed by atoms with van der Waals surface area (Å²) in [4.78, 5) is 13.2. The van der Waals surface area contributed by atoms with Crippen LogP contribution in [0.2, 0.25) is 0 Å². The molecule has 1 aliphatic rings. The Kier molecular flexibility index (Phi) is 3.86. The van der Waals surface area contributed by atoms with Gasteiger partial charge >= 0.3 is 0 Å². The second-order valence-electron chi connectivity index (χ2n) is 6.24. The van der Waals surface area contributed by atoms with E-state index < -0.39 is 0 Å². The Morgan fingerprint density at radius 1 is 1.33 bits per heavy atom. The highest BCUT2D eigenvalue weighted by molar-refractivity contribution is 5.58. The van der Waals surface area contributed by atoms with Crippen LogP contribution in [0.3, 0.4) is 0 Å². The number of rotatable bonds is 3. The lowest BCUT2D eigenvalue weighted by molar-refractivity contribution is 0.373. The van der Waals surface area contributed by atoms with Gasteiger partial charge in [-0.15, -0.1) is 0 Å². The van der Waals surface area contributed by atoms with E-state index in [4.69, 9.17) is 5.73 Å². The molecule has 0 aromatic carbocycles. The van der Waals surface area contributed by atoms with Crippen LogP contribution < -0.4 is 11.1 Å². The van der Waals surface area contributed by atoms with Crippen LogP contribution in [0.15, 0.2) is 30.6 Å². The van der Waals surface area contributed by atoms with Crippen molar-refractivity contribution in [3.63, 3.8) is 0 Å². The number of nitrogens with two attached hydrogens (primary N) is 1. The van der Waals surface area contributed by atoms with Crippen molar-refractivity contribution in [2.75, 3.05) is 18.8 Å². The molecule has 7 heteroatoms. The fourth-order valence-electron chi connectivity index (χ4n) is 3.25. The van der Waals surface area contributed by atoms with E-state index in [2.05, 4.69) is 20.3 Å². The summed E-state index contributed by atoms with van der Waals surface area (Å²) in [7, 11) is 0. The third-order valence-corrected chi connectivity index (χ3v) is 4.39. The van der Waals surface area contributed by atoms with Gasteiger partial charge in [0.15, 0.2) is 5.82 Å². The molecule has 0 unspecified atom stereocenters. The van der Waals surface area contributed by atoms with Gasteiger partial charge in [0.05, 0.1) is 6.20 Å². The third-order valence-electron chi connectivity index (χ3n) is 4.39. The molecule has 1 atom stereocenters. The average Bonchev–Trinajstić information content (AvgIpc) is 2.98. The molecule has 0 spiro atoms. The minimum absolute atomic E-state index is 0.334. The van der Waals surface area contributed by atoms with Crippen LogP contribution in [0.5, 0.6) is 0 Å². The molecule has 1 aliphatic heterocycles. The molecule has 0 aliphatic carbocycles. The van der Waals surface area contributed by atoms with Gasteiger partial charge in [0.1, 0.15) is 23.0 Å². The van der Waals surface area contributed by atoms with Gasteiger partial charge in [0, 0.05) is 18.0 Å². The van der Waals surface area contributed by atoms with Gasteiger partial charge in [-0.1, -0.05) is 0 Å². The molecule has 24 heavy (non-hydrogen) atoms. The van der Waals surface area contributed by atoms with Gasteiger partial charge in [0.2, 0.25) is 0 Å². The van der Waals surface area contributed by atoms with Crippen LogP contribution in [0.4, 0.5) is 10.2 Å². The lowest BCUT2D eigenvalue weighted by Crippen LogP contribution is -2.31. The van der Waals surface area contributed by atoms with E-state index >= 15 is 0 Å². The molecule has 0 bridgehead atoms. The summed E-state index contributed by atoms with van der Waals surface area (Å²) < 4.78 is 15.2. The number of nitrogen functional groups attached to an aromatic ring is 1. The maximum absolute atomic E-state index is 13.6. The molecule has 6 nitrogen and oxygen atoms in total. The van der Waals surface area contributed by atoms with Crippen molar-refractivity contribution in [1.29, 1.82) is 0 Å². The standard InChI is InChI=1S/C17H19FN6/c18-12-3-4-16-21-9-14(24(16)10-12)17-22-13(7-15(19)23-17)6-11-2-1-5-20-8-11/h3-4,7,9-11,20H,1-2,5-6,8H2,(H2,19,22,23)/t11-/m0/s1. The first-order valence-corrected chi connectivity index (χ1v) is 8.16. The minimum Gasteiger partial charge on any atom is -0.384 e. The van der Waals surface area contributed by atoms with Crippen molar-refractivity contribution in [2.45, 2.75) is 19.3 Å². The monoisotopic (exact) mass is 326 g/mol. The topological polar surface area (TPSA) is 81.1 Å². The number of nitrogens with zero attached hydrogens (tertiary/aromatic N) is 4. The fraction of sp³-hybridized carbons (Fsp3) is 0.353. The Hall–Kier alpha value is -2.54. The summed E-state index contributed by atoms with van der Waals surface area (Å²) in [5.74, 6) is 1.12. The van der Waals surface area contributed by atoms with Gasteiger partial charge < -0.3 is 11.1 Å². The number of anilines is 1. The van der Waals surface area contributed by atoms with E-state index in [9.17, 15) is 4.39 Å². The van der Waals surface area contributed by atoms with E-state index in [-0.39, 0.29) is 5.82 Å². The predicted molar refractivity (Wildman–Crippen MR) is 89.9 cm³/mol. The third kappa shape index (κ3) is 2.94. The normalized spacial score (nSPS) is 18.1. The summed E-state index contributed by atoms with van der Waals surface area (Å²) in [5.41, 5.74) is 8.18. The first-order chi connectivity index (χ1) is 11.7. The predicted octanol–water partition coefficient (Wildman–Crippen LogP) is 2.05. The highest BCUT2D eigenvalue weighted by Crippen LogP contribution is 2.22. The molecule has 0 saturated carbocycles. The first-order valence-electron chi connectivity index (χ1n) is 8.16. The summed E-state index contributed by atoms with van der Waals surface area (Å²) >= 11 is 0. The molecule has 3 aromatic heterocycles. The van der Waals surface area contributed by atoms with E-state index in [1.54, 1.807) is 16.7 Å². The van der Waals surface area contributed by atoms with E-state index in [0.29, 0.717) is 28.9 Å². The van der Waals surface area contributed by atoms with Crippen LogP contribution in [0.25, 0.3) is 17.2 Å². The second-order valence-corrected chi connectivity index (χ2v) is 6.24. The fourth-order valence-corrected chi connectivity index (χ4v) is 3.25. The van der Waals surface area contributed by atoms with Crippen molar-refractivity contribution >= 4 is 11.5 Å². The number of halogens is 1. The number of piperidine rings is 1. The van der Waals surface area contributed by atoms with Crippen molar-refractivity contribution in [3.05, 3.63) is 42.1 Å². The largest absolute Gasteiger partial charge is 0.384 e. The lowest BCUT2D eigenvalue weighted by atomic mass is 9.94. The summed E-state index contributed by atoms with van der Waals surface area (Å²) in [6, 6.07) is 4.83. The number of hydrogen-bond donors (Lipinski definition) is 2. The van der Waals surface area contributed by atoms with E-state index in [1.807, 2.05) is 6.07 Å². The van der Waals surface area contributed by atoms with Gasteiger partial charge in [-0.25, -0.2) is 19.3 Å². The zero-order valence-corrected chi connectivity index (χ0v) is 13.2. The molecule has 4 heterocycles. The Balaban J connectivity index is 1.70. The summed E-state index contributed by atoms with van der Waals surface area (Å²) in [5, 5.41) is 3.41. The minimum atomic E-state index is -0.334. The van der Waals surface area contributed by atoms with Crippen LogP contribution in [0.1, 0.15) is 18.5 Å². The number of pyridine rings is 1. The Morgan fingerprint density at radius 2 is 2.25 bits per heavy atom. The van der Waals surface area contributed by atoms with Crippen LogP contribution in [-0.2, 0) is 6.42 Å². The molecule has 1 fully saturated rings. The van der Waals surface area contributed by atoms with Gasteiger partial charge in [-0.05, 0) is 50.4 Å². The van der Waals surface area contributed by atoms with Crippen molar-refractivity contribution < 1.29 is 4.39 Å². The smallest absolute Gasteiger partial charge is 0.180 e. The zero-order valence-electron chi connectivity index (χ0n) is 13.2. The molecule has 3 aromatic rings. The van der Waals surface area contributed by atoms with Crippen LogP contribution >= 0.6 is 0 Å². The molecule has 0 amide bonds. The van der Waals surface area contributed by atoms with Crippen LogP contribution in [-0.4, -0.2) is 32.4 Å². The number of nitrogens with one attached hydrogen (secondary N) is 1. The molecular formula is C17H19FN6. The molecular weight excluding hydrogens is 307 g/mol. The Labute approximate surface area is 139 Å². The number of aromatic nitrogens is 4. The van der Waals surface area contributed by atoms with Gasteiger partial charge in [0.25, 0.3) is 0 Å². The summed E-state index contributed by atoms with van der Waals surface area (Å²) in [6.45, 7) is 2.08. The van der Waals surface area contributed by atoms with E-state index in [0.717, 1.165) is 25.2 Å². The maximum Gasteiger partial charge on any atom is 0.180 e. The number of fused-ring (bicyclic) bond motifs is 1. The van der Waals surface area contributed by atoms with Crippen molar-refractivity contribution in [1.82, 2.24) is 24.7 Å². The van der Waals surface area contributed by atoms with E-state index in [1.165, 1.54) is 25.1 Å².